The molecule has 1 aliphatic heterocycles. The van der Waals surface area contributed by atoms with E-state index >= 15 is 0 Å². The topological polar surface area (TPSA) is 140 Å². The van der Waals surface area contributed by atoms with E-state index in [0.717, 1.165) is 114 Å². The third kappa shape index (κ3) is 35.3. The van der Waals surface area contributed by atoms with Gasteiger partial charge in [0.05, 0.1) is 38.3 Å². The Kier molecular flexibility index (Phi) is 40.0. The van der Waals surface area contributed by atoms with E-state index in [4.69, 9.17) is 23.7 Å². The highest BCUT2D eigenvalue weighted by Gasteiger charge is 2.37. The fraction of sp³-hybridized carbons (Fsp3) is 0.871. The Morgan fingerprint density at radius 2 is 1.01 bits per heavy atom. The predicted molar refractivity (Wildman–Crippen MR) is 307 cm³/mol. The summed E-state index contributed by atoms with van der Waals surface area (Å²) in [5.41, 5.74) is 2.63. The van der Waals surface area contributed by atoms with E-state index in [1.165, 1.54) is 140 Å². The molecule has 2 heterocycles. The highest BCUT2D eigenvalue weighted by molar-refractivity contribution is 6.99. The summed E-state index contributed by atoms with van der Waals surface area (Å²) in [6, 6.07) is 0. The van der Waals surface area contributed by atoms with Crippen molar-refractivity contribution in [1.29, 1.82) is 0 Å². The van der Waals surface area contributed by atoms with Gasteiger partial charge in [-0.1, -0.05) is 220 Å². The Hall–Kier alpha value is -2.90. The number of nitrogens with zero attached hydrogens (tertiary/aromatic N) is 3. The summed E-state index contributed by atoms with van der Waals surface area (Å²) in [5.74, 6) is -1.24. The van der Waals surface area contributed by atoms with Gasteiger partial charge in [0.1, 0.15) is 31.1 Å². The second kappa shape index (κ2) is 44.0. The minimum absolute atomic E-state index is 0.132. The molecule has 12 nitrogen and oxygen atoms in total. The maximum Gasteiger partial charge on any atom is 0.310 e. The van der Waals surface area contributed by atoms with Crippen LogP contribution in [0.5, 0.6) is 0 Å². The fourth-order valence-corrected chi connectivity index (χ4v) is 10.6. The Morgan fingerprint density at radius 1 is 0.573 bits per heavy atom. The summed E-state index contributed by atoms with van der Waals surface area (Å²) in [6.45, 7) is 15.4. The molecule has 0 aliphatic carbocycles. The number of esters is 4. The van der Waals surface area contributed by atoms with E-state index in [1.54, 1.807) is 0 Å². The van der Waals surface area contributed by atoms with E-state index in [-0.39, 0.29) is 49.2 Å². The lowest BCUT2D eigenvalue weighted by molar-refractivity contribution is -0.944. The number of carbonyl (C=O) groups excluding carboxylic acids is 4. The summed E-state index contributed by atoms with van der Waals surface area (Å²) >= 11 is 1.22. The zero-order chi connectivity index (χ0) is 54.7. The first-order valence-electron chi connectivity index (χ1n) is 30.9. The number of unbranched alkanes of at least 4 members (excludes halogenated alkanes) is 28. The predicted octanol–water partition coefficient (Wildman–Crippen LogP) is 16.7. The van der Waals surface area contributed by atoms with Crippen LogP contribution in [-0.2, 0) is 49.5 Å². The van der Waals surface area contributed by atoms with Crippen molar-refractivity contribution >= 4 is 41.2 Å². The van der Waals surface area contributed by atoms with Crippen LogP contribution < -0.4 is 0 Å². The standard InChI is InChI=1S/C62H112N3O9S/c1-8-11-14-16-18-20-22-24-26-28-30-32-35-42-57(66)71-50-55(51-72-58(67)43-36-33-31-29-27-25-23-21-19-17-15-12-9-2)74-59(68)44-37-34-38-45-62(5,6)48-60(69)73-53(4)65(7)46-40-41-54(49-65)61-56(63-75-64-61)52-70-47-39-13-10-3/h41,53,55H,8-40,42-52H2,1-7H3/q+1. The lowest BCUT2D eigenvalue weighted by atomic mass is 9.83. The van der Waals surface area contributed by atoms with E-state index in [0.29, 0.717) is 43.3 Å². The van der Waals surface area contributed by atoms with Crippen LogP contribution in [0.1, 0.15) is 297 Å². The monoisotopic (exact) mass is 1070 g/mol. The van der Waals surface area contributed by atoms with Gasteiger partial charge >= 0.3 is 23.9 Å². The molecule has 0 saturated heterocycles. The lowest BCUT2D eigenvalue weighted by Crippen LogP contribution is -2.55. The third-order valence-corrected chi connectivity index (χ3v) is 15.8. The Balaban J connectivity index is 1.75. The molecule has 0 N–H and O–H groups in total. The van der Waals surface area contributed by atoms with Gasteiger partial charge in [0.15, 0.2) is 6.10 Å². The van der Waals surface area contributed by atoms with Crippen LogP contribution in [0.2, 0.25) is 0 Å². The van der Waals surface area contributed by atoms with E-state index in [2.05, 4.69) is 56.5 Å². The fourth-order valence-electron chi connectivity index (χ4n) is 10.1. The summed E-state index contributed by atoms with van der Waals surface area (Å²) in [4.78, 5) is 52.0. The smallest absolute Gasteiger partial charge is 0.310 e. The maximum atomic E-state index is 13.4. The van der Waals surface area contributed by atoms with Gasteiger partial charge in [-0.3, -0.25) is 23.7 Å². The van der Waals surface area contributed by atoms with E-state index < -0.39 is 12.1 Å². The quantitative estimate of drug-likeness (QED) is 0.0266. The number of quaternary nitrogens is 1. The van der Waals surface area contributed by atoms with E-state index in [9.17, 15) is 19.2 Å². The zero-order valence-corrected chi connectivity index (χ0v) is 50.1. The first-order valence-corrected chi connectivity index (χ1v) is 31.7. The molecule has 434 valence electrons. The normalized spacial score (nSPS) is 15.2. The largest absolute Gasteiger partial charge is 0.462 e. The van der Waals surface area contributed by atoms with Gasteiger partial charge in [0, 0.05) is 44.8 Å². The summed E-state index contributed by atoms with van der Waals surface area (Å²) in [6.07, 6.45) is 41.5. The summed E-state index contributed by atoms with van der Waals surface area (Å²) in [5, 5.41) is 0. The third-order valence-electron chi connectivity index (χ3n) is 15.2. The second-order valence-electron chi connectivity index (χ2n) is 23.2. The summed E-state index contributed by atoms with van der Waals surface area (Å²) < 4.78 is 38.8. The van der Waals surface area contributed by atoms with Crippen molar-refractivity contribution in [3.63, 3.8) is 0 Å². The Morgan fingerprint density at radius 3 is 1.51 bits per heavy atom. The van der Waals surface area contributed by atoms with Crippen molar-refractivity contribution in [2.75, 3.05) is 40.0 Å². The molecule has 0 aromatic carbocycles. The molecule has 2 unspecified atom stereocenters. The molecule has 0 amide bonds. The van der Waals surface area contributed by atoms with Crippen LogP contribution in [0.15, 0.2) is 6.08 Å². The van der Waals surface area contributed by atoms with Gasteiger partial charge < -0.3 is 23.7 Å². The molecular weight excluding hydrogens is 963 g/mol. The maximum absolute atomic E-state index is 13.4. The molecule has 0 bridgehead atoms. The molecule has 0 saturated carbocycles. The highest BCUT2D eigenvalue weighted by Crippen LogP contribution is 2.32. The van der Waals surface area contributed by atoms with Crippen molar-refractivity contribution < 1.29 is 47.3 Å². The van der Waals surface area contributed by atoms with Gasteiger partial charge in [-0.15, -0.1) is 0 Å². The average Bonchev–Trinajstić information content (AvgIpc) is 3.86. The van der Waals surface area contributed by atoms with Gasteiger partial charge in [-0.05, 0) is 37.5 Å². The Bertz CT molecular complexity index is 1610. The van der Waals surface area contributed by atoms with Crippen molar-refractivity contribution in [3.05, 3.63) is 17.5 Å². The van der Waals surface area contributed by atoms with Crippen LogP contribution in [-0.4, -0.2) is 89.4 Å². The van der Waals surface area contributed by atoms with Gasteiger partial charge in [0.25, 0.3) is 0 Å². The zero-order valence-electron chi connectivity index (χ0n) is 49.3. The van der Waals surface area contributed by atoms with E-state index in [1.807, 2.05) is 6.92 Å². The SMILES string of the molecule is CCCCCCCCCCCCCCCC(=O)OCC(COC(=O)CCCCCCCCCCCCCCC)OC(=O)CCCCCC(C)(C)CC(=O)OC(C)[N+]1(C)CCC=C(c2nsnc2COCCCCC)C1. The van der Waals surface area contributed by atoms with Gasteiger partial charge in [-0.25, -0.2) is 0 Å². The molecule has 0 fully saturated rings. The van der Waals surface area contributed by atoms with Crippen LogP contribution in [0.3, 0.4) is 0 Å². The van der Waals surface area contributed by atoms with Crippen molar-refractivity contribution in [3.8, 4) is 0 Å². The van der Waals surface area contributed by atoms with Gasteiger partial charge in [-0.2, -0.15) is 8.75 Å². The first kappa shape index (κ1) is 68.2. The molecule has 13 heteroatoms. The minimum Gasteiger partial charge on any atom is -0.462 e. The van der Waals surface area contributed by atoms with Crippen molar-refractivity contribution in [2.45, 2.75) is 304 Å². The van der Waals surface area contributed by atoms with Crippen LogP contribution >= 0.6 is 11.7 Å². The number of hydrogen-bond acceptors (Lipinski definition) is 12. The molecule has 1 aliphatic rings. The minimum atomic E-state index is -0.852. The molecule has 1 aromatic rings. The molecule has 0 spiro atoms. The lowest BCUT2D eigenvalue weighted by Gasteiger charge is -2.41. The molecule has 1 aromatic heterocycles. The molecule has 75 heavy (non-hydrogen) atoms. The first-order chi connectivity index (χ1) is 36.3. The number of likely N-dealkylation sites (N-methyl/N-ethyl adjacent to an activating group) is 1. The second-order valence-corrected chi connectivity index (χ2v) is 23.7. The molecular formula is C62H112N3O9S+. The van der Waals surface area contributed by atoms with Crippen LogP contribution in [0.25, 0.3) is 5.57 Å². The number of rotatable bonds is 50. The highest BCUT2D eigenvalue weighted by atomic mass is 32.1. The van der Waals surface area contributed by atoms with Crippen LogP contribution in [0.4, 0.5) is 0 Å². The van der Waals surface area contributed by atoms with Crippen molar-refractivity contribution in [1.82, 2.24) is 8.75 Å². The van der Waals surface area contributed by atoms with Crippen LogP contribution in [0, 0.1) is 5.41 Å². The number of ether oxygens (including phenoxy) is 5. The van der Waals surface area contributed by atoms with Gasteiger partial charge in [0.2, 0.25) is 6.23 Å². The summed E-state index contributed by atoms with van der Waals surface area (Å²) in [7, 11) is 2.15. The average molecular weight is 1080 g/mol. The molecule has 2 atom stereocenters. The molecule has 0 radical (unpaired) electrons. The number of aromatic nitrogens is 2. The Labute approximate surface area is 462 Å². The molecule has 2 rings (SSSR count). The number of carbonyl (C=O) groups is 4. The van der Waals surface area contributed by atoms with Crippen molar-refractivity contribution in [2.24, 2.45) is 5.41 Å². The number of hydrogen-bond donors (Lipinski definition) is 0.